The van der Waals surface area contributed by atoms with Crippen LogP contribution >= 0.6 is 23.4 Å². The molecule has 2 rings (SSSR count). The molecule has 8 heteroatoms. The summed E-state index contributed by atoms with van der Waals surface area (Å²) >= 11 is 7.43. The molecule has 0 aromatic heterocycles. The number of halogens is 1. The third kappa shape index (κ3) is 6.55. The van der Waals surface area contributed by atoms with Gasteiger partial charge in [-0.2, -0.15) is 0 Å². The van der Waals surface area contributed by atoms with Crippen LogP contribution < -0.4 is 10.0 Å². The second kappa shape index (κ2) is 9.30. The number of aryl methyl sites for hydroxylation is 1. The predicted molar refractivity (Wildman–Crippen MR) is 110 cm³/mol. The van der Waals surface area contributed by atoms with Gasteiger partial charge in [-0.1, -0.05) is 11.6 Å². The Morgan fingerprint density at radius 2 is 1.85 bits per heavy atom. The Hall–Kier alpha value is -1.70. The van der Waals surface area contributed by atoms with E-state index in [9.17, 15) is 13.2 Å². The van der Waals surface area contributed by atoms with E-state index < -0.39 is 10.0 Å². The van der Waals surface area contributed by atoms with Crippen molar-refractivity contribution < 1.29 is 13.2 Å². The van der Waals surface area contributed by atoms with Crippen molar-refractivity contribution in [3.05, 3.63) is 53.1 Å². The van der Waals surface area contributed by atoms with Crippen molar-refractivity contribution in [3.8, 4) is 0 Å². The molecule has 0 saturated heterocycles. The summed E-state index contributed by atoms with van der Waals surface area (Å²) in [5, 5.41) is 3.52. The second-order valence-corrected chi connectivity index (χ2v) is 9.25. The molecule has 2 aromatic rings. The molecular formula is C18H21ClN2O3S2. The summed E-state index contributed by atoms with van der Waals surface area (Å²) < 4.78 is 25.8. The summed E-state index contributed by atoms with van der Waals surface area (Å²) in [4.78, 5) is 13.1. The van der Waals surface area contributed by atoms with Crippen LogP contribution in [-0.2, 0) is 14.8 Å². The van der Waals surface area contributed by atoms with Crippen molar-refractivity contribution in [1.82, 2.24) is 0 Å². The predicted octanol–water partition coefficient (Wildman–Crippen LogP) is 4.53. The van der Waals surface area contributed by atoms with E-state index in [1.165, 1.54) is 0 Å². The van der Waals surface area contributed by atoms with Gasteiger partial charge < -0.3 is 5.32 Å². The maximum absolute atomic E-state index is 12.1. The van der Waals surface area contributed by atoms with Crippen molar-refractivity contribution in [1.29, 1.82) is 0 Å². The molecule has 0 bridgehead atoms. The molecule has 2 N–H and O–H groups in total. The largest absolute Gasteiger partial charge is 0.326 e. The first-order valence-electron chi connectivity index (χ1n) is 8.08. The molecule has 0 spiro atoms. The third-order valence-corrected chi connectivity index (χ3v) is 6.12. The quantitative estimate of drug-likeness (QED) is 0.624. The number of amides is 1. The molecule has 0 heterocycles. The van der Waals surface area contributed by atoms with Crippen LogP contribution in [0.25, 0.3) is 0 Å². The molecule has 0 aliphatic carbocycles. The van der Waals surface area contributed by atoms with E-state index in [1.807, 2.05) is 24.3 Å². The molecule has 5 nitrogen and oxygen atoms in total. The van der Waals surface area contributed by atoms with Gasteiger partial charge in [0.05, 0.1) is 11.4 Å². The number of carbonyl (C=O) groups is 1. The lowest BCUT2D eigenvalue weighted by Gasteiger charge is -2.11. The van der Waals surface area contributed by atoms with E-state index in [4.69, 9.17) is 11.6 Å². The zero-order valence-electron chi connectivity index (χ0n) is 14.6. The van der Waals surface area contributed by atoms with Crippen LogP contribution in [0.2, 0.25) is 5.02 Å². The lowest BCUT2D eigenvalue weighted by molar-refractivity contribution is -0.115. The van der Waals surface area contributed by atoms with E-state index in [0.29, 0.717) is 28.6 Å². The Labute approximate surface area is 163 Å². The van der Waals surface area contributed by atoms with Gasteiger partial charge >= 0.3 is 0 Å². The Kier molecular flexibility index (Phi) is 7.37. The van der Waals surface area contributed by atoms with Crippen molar-refractivity contribution in [2.24, 2.45) is 0 Å². The summed E-state index contributed by atoms with van der Waals surface area (Å²) in [6.07, 6.45) is 0.372. The number of benzene rings is 2. The van der Waals surface area contributed by atoms with Gasteiger partial charge in [0.15, 0.2) is 0 Å². The number of nitrogens with one attached hydrogen (secondary N) is 2. The Bertz CT molecular complexity index is 869. The first-order chi connectivity index (χ1) is 12.3. The average Bonchev–Trinajstić information content (AvgIpc) is 2.59. The fourth-order valence-corrected chi connectivity index (χ4v) is 3.80. The van der Waals surface area contributed by atoms with Crippen molar-refractivity contribution in [2.75, 3.05) is 21.5 Å². The van der Waals surface area contributed by atoms with Crippen LogP contribution in [0.1, 0.15) is 18.9 Å². The summed E-state index contributed by atoms with van der Waals surface area (Å²) in [5.74, 6) is 0.574. The second-order valence-electron chi connectivity index (χ2n) is 5.64. The van der Waals surface area contributed by atoms with Crippen molar-refractivity contribution in [2.45, 2.75) is 25.2 Å². The highest BCUT2D eigenvalue weighted by Gasteiger charge is 2.10. The summed E-state index contributed by atoms with van der Waals surface area (Å²) in [7, 11) is -3.32. The van der Waals surface area contributed by atoms with Crippen LogP contribution in [0.3, 0.4) is 0 Å². The molecule has 0 radical (unpaired) electrons. The molecule has 0 unspecified atom stereocenters. The molecule has 0 saturated carbocycles. The molecule has 0 fully saturated rings. The van der Waals surface area contributed by atoms with Crippen molar-refractivity contribution >= 4 is 50.7 Å². The zero-order chi connectivity index (χ0) is 19.2. The Balaban J connectivity index is 1.86. The minimum Gasteiger partial charge on any atom is -0.326 e. The lowest BCUT2D eigenvalue weighted by Crippen LogP contribution is -2.16. The van der Waals surface area contributed by atoms with Crippen LogP contribution in [-0.4, -0.2) is 25.8 Å². The fraction of sp³-hybridized carbons (Fsp3) is 0.278. The molecule has 0 aliphatic rings. The topological polar surface area (TPSA) is 75.3 Å². The maximum atomic E-state index is 12.1. The molecule has 0 aliphatic heterocycles. The van der Waals surface area contributed by atoms with E-state index in [-0.39, 0.29) is 11.7 Å². The average molecular weight is 413 g/mol. The molecule has 2 aromatic carbocycles. The van der Waals surface area contributed by atoms with E-state index >= 15 is 0 Å². The number of hydrogen-bond donors (Lipinski definition) is 2. The van der Waals surface area contributed by atoms with Gasteiger partial charge in [0.25, 0.3) is 0 Å². The van der Waals surface area contributed by atoms with Gasteiger partial charge in [-0.05, 0) is 61.9 Å². The Morgan fingerprint density at radius 1 is 1.15 bits per heavy atom. The number of carbonyl (C=O) groups excluding carboxylic acids is 1. The van der Waals surface area contributed by atoms with Crippen LogP contribution in [0.15, 0.2) is 47.4 Å². The molecule has 26 heavy (non-hydrogen) atoms. The number of hydrogen-bond acceptors (Lipinski definition) is 4. The van der Waals surface area contributed by atoms with Crippen LogP contribution in [0, 0.1) is 6.92 Å². The van der Waals surface area contributed by atoms with Crippen molar-refractivity contribution in [3.63, 3.8) is 0 Å². The van der Waals surface area contributed by atoms with Crippen LogP contribution in [0.4, 0.5) is 11.4 Å². The standard InChI is InChI=1S/C18H21ClN2O3S2/c1-3-26(23,24)21-17-9-6-15(12-13(17)2)20-18(22)10-11-25-16-7-4-14(19)5-8-16/h4-9,12,21H,3,10-11H2,1-2H3,(H,20,22). The summed E-state index contributed by atoms with van der Waals surface area (Å²) in [5.41, 5.74) is 1.90. The first kappa shape index (κ1) is 20.6. The fourth-order valence-electron chi connectivity index (χ4n) is 2.11. The molecule has 0 atom stereocenters. The summed E-state index contributed by atoms with van der Waals surface area (Å²) in [6.45, 7) is 3.37. The van der Waals surface area contributed by atoms with Gasteiger partial charge in [-0.3, -0.25) is 9.52 Å². The molecule has 140 valence electrons. The smallest absolute Gasteiger partial charge is 0.232 e. The van der Waals surface area contributed by atoms with Gasteiger partial charge in [-0.25, -0.2) is 8.42 Å². The number of thioether (sulfide) groups is 1. The third-order valence-electron chi connectivity index (χ3n) is 3.57. The first-order valence-corrected chi connectivity index (χ1v) is 11.1. The molecule has 1 amide bonds. The SMILES string of the molecule is CCS(=O)(=O)Nc1ccc(NC(=O)CCSc2ccc(Cl)cc2)cc1C. The summed E-state index contributed by atoms with van der Waals surface area (Å²) in [6, 6.07) is 12.6. The van der Waals surface area contributed by atoms with Gasteiger partial charge in [0.1, 0.15) is 0 Å². The highest BCUT2D eigenvalue weighted by Crippen LogP contribution is 2.23. The van der Waals surface area contributed by atoms with Gasteiger partial charge in [0, 0.05) is 27.8 Å². The maximum Gasteiger partial charge on any atom is 0.232 e. The normalized spacial score (nSPS) is 11.2. The van der Waals surface area contributed by atoms with E-state index in [1.54, 1.807) is 43.8 Å². The monoisotopic (exact) mass is 412 g/mol. The number of rotatable bonds is 8. The number of anilines is 2. The zero-order valence-corrected chi connectivity index (χ0v) is 17.0. The van der Waals surface area contributed by atoms with Gasteiger partial charge in [0.2, 0.25) is 15.9 Å². The minimum absolute atomic E-state index is 0.0101. The van der Waals surface area contributed by atoms with E-state index in [0.717, 1.165) is 10.5 Å². The number of sulfonamides is 1. The highest BCUT2D eigenvalue weighted by atomic mass is 35.5. The van der Waals surface area contributed by atoms with Crippen LogP contribution in [0.5, 0.6) is 0 Å². The van der Waals surface area contributed by atoms with Gasteiger partial charge in [-0.15, -0.1) is 11.8 Å². The van der Waals surface area contributed by atoms with E-state index in [2.05, 4.69) is 10.0 Å². The lowest BCUT2D eigenvalue weighted by atomic mass is 10.2. The Morgan fingerprint density at radius 3 is 2.46 bits per heavy atom. The molecular weight excluding hydrogens is 392 g/mol. The highest BCUT2D eigenvalue weighted by molar-refractivity contribution is 7.99. The minimum atomic E-state index is -3.32.